The van der Waals surface area contributed by atoms with Crippen LogP contribution >= 0.6 is 11.3 Å². The molecule has 0 spiro atoms. The molecule has 2 unspecified atom stereocenters. The summed E-state index contributed by atoms with van der Waals surface area (Å²) in [6.45, 7) is 11.2. The van der Waals surface area contributed by atoms with Crippen LogP contribution in [-0.2, 0) is 9.53 Å². The number of thiophene rings is 1. The number of amides is 1. The van der Waals surface area contributed by atoms with Gasteiger partial charge in [-0.25, -0.2) is 13.8 Å². The molecule has 3 fully saturated rings. The van der Waals surface area contributed by atoms with E-state index >= 15 is 8.78 Å². The first-order chi connectivity index (χ1) is 21.8. The molecular weight excluding hydrogens is 623 g/mol. The first kappa shape index (κ1) is 33.1. The largest absolute Gasteiger partial charge is 0.481 e. The highest BCUT2D eigenvalue weighted by molar-refractivity contribution is 7.19. The minimum absolute atomic E-state index is 0.00463. The topological polar surface area (TPSA) is 68.9 Å². The lowest BCUT2D eigenvalue weighted by atomic mass is 9.83. The summed E-state index contributed by atoms with van der Waals surface area (Å²) in [5.41, 5.74) is -2.47. The fourth-order valence-corrected chi connectivity index (χ4v) is 7.59. The van der Waals surface area contributed by atoms with E-state index in [4.69, 9.17) is 4.74 Å². The molecule has 1 amide bonds. The third-order valence-corrected chi connectivity index (χ3v) is 10.1. The van der Waals surface area contributed by atoms with Crippen LogP contribution in [0.3, 0.4) is 0 Å². The van der Waals surface area contributed by atoms with Crippen molar-refractivity contribution in [3.05, 3.63) is 87.3 Å². The maximum absolute atomic E-state index is 17.1. The Labute approximate surface area is 268 Å². The number of nitriles is 1. The number of hydrogen-bond donors (Lipinski definition) is 0. The number of rotatable bonds is 7. The van der Waals surface area contributed by atoms with Gasteiger partial charge in [-0.05, 0) is 55.5 Å². The number of carbonyl (C=O) groups excluding carboxylic acids is 1. The summed E-state index contributed by atoms with van der Waals surface area (Å²) in [6.07, 6.45) is -0.151. The molecule has 4 heterocycles. The van der Waals surface area contributed by atoms with Crippen LogP contribution in [0, 0.1) is 17.1 Å². The Kier molecular flexibility index (Phi) is 9.01. The van der Waals surface area contributed by atoms with Gasteiger partial charge in [0.25, 0.3) is 0 Å². The number of alkyl halides is 3. The molecule has 3 aliphatic heterocycles. The number of piperidine rings is 1. The third kappa shape index (κ3) is 5.55. The zero-order valence-electron chi connectivity index (χ0n) is 26.1. The Hall–Kier alpha value is -4.24. The molecule has 2 atom stereocenters. The predicted molar refractivity (Wildman–Crippen MR) is 169 cm³/mol. The van der Waals surface area contributed by atoms with Gasteiger partial charge in [-0.15, -0.1) is 11.3 Å². The highest BCUT2D eigenvalue weighted by atomic mass is 32.1. The molecule has 2 bridgehead atoms. The highest BCUT2D eigenvalue weighted by Gasteiger charge is 2.48. The number of hydrogen-bond acceptors (Lipinski definition) is 6. The summed E-state index contributed by atoms with van der Waals surface area (Å²) >= 11 is 0.973. The minimum atomic E-state index is -5.03. The summed E-state index contributed by atoms with van der Waals surface area (Å²) in [4.78, 5) is 20.7. The molecule has 0 N–H and O–H groups in total. The first-order valence-electron chi connectivity index (χ1n) is 14.9. The monoisotopic (exact) mass is 656 g/mol. The van der Waals surface area contributed by atoms with E-state index in [-0.39, 0.29) is 62.3 Å². The third-order valence-electron chi connectivity index (χ3n) is 8.57. The van der Waals surface area contributed by atoms with E-state index in [2.05, 4.69) is 11.6 Å². The minimum Gasteiger partial charge on any atom is -0.481 e. The van der Waals surface area contributed by atoms with Crippen LogP contribution in [-0.4, -0.2) is 59.9 Å². The maximum atomic E-state index is 17.1. The second-order valence-electron chi connectivity index (χ2n) is 11.7. The summed E-state index contributed by atoms with van der Waals surface area (Å²) in [6, 6.07) is 3.79. The van der Waals surface area contributed by atoms with Crippen LogP contribution < -0.4 is 0 Å². The predicted octanol–water partition coefficient (Wildman–Crippen LogP) is 8.30. The molecule has 6 nitrogen and oxygen atoms in total. The second-order valence-corrected chi connectivity index (χ2v) is 12.7. The van der Waals surface area contributed by atoms with Crippen molar-refractivity contribution in [2.75, 3.05) is 20.2 Å². The summed E-state index contributed by atoms with van der Waals surface area (Å²) in [5.74, 6) is -2.43. The number of fused-ring (bicyclic) bond motifs is 3. The van der Waals surface area contributed by atoms with Crippen molar-refractivity contribution in [1.82, 2.24) is 9.80 Å². The van der Waals surface area contributed by atoms with E-state index in [9.17, 15) is 23.2 Å². The van der Waals surface area contributed by atoms with Crippen molar-refractivity contribution in [3.8, 4) is 6.07 Å². The molecule has 6 rings (SSSR count). The zero-order chi connectivity index (χ0) is 33.7. The van der Waals surface area contributed by atoms with E-state index < -0.39 is 29.0 Å². The van der Waals surface area contributed by atoms with Gasteiger partial charge in [0.15, 0.2) is 5.83 Å². The van der Waals surface area contributed by atoms with Crippen LogP contribution in [0.1, 0.15) is 62.5 Å². The molecular formula is C34H33F5N4O2S. The number of nitrogens with zero attached hydrogens (tertiary/aromatic N) is 4. The Morgan fingerprint density at radius 2 is 1.93 bits per heavy atom. The molecule has 1 aromatic carbocycles. The van der Waals surface area contributed by atoms with Gasteiger partial charge in [0, 0.05) is 40.2 Å². The van der Waals surface area contributed by atoms with Gasteiger partial charge in [-0.2, -0.15) is 18.4 Å². The van der Waals surface area contributed by atoms with Crippen LogP contribution in [0.4, 0.5) is 22.0 Å². The van der Waals surface area contributed by atoms with Gasteiger partial charge in [-0.1, -0.05) is 33.4 Å². The maximum Gasteiger partial charge on any atom is 0.417 e. The lowest BCUT2D eigenvalue weighted by Gasteiger charge is -2.57. The lowest BCUT2D eigenvalue weighted by molar-refractivity contribution is -0.146. The summed E-state index contributed by atoms with van der Waals surface area (Å²) in [7, 11) is 1.33. The zero-order valence-corrected chi connectivity index (χ0v) is 26.9. The molecule has 4 aliphatic rings. The van der Waals surface area contributed by atoms with E-state index in [1.165, 1.54) is 13.2 Å². The highest BCUT2D eigenvalue weighted by Crippen LogP contribution is 2.49. The van der Waals surface area contributed by atoms with Crippen LogP contribution in [0.25, 0.3) is 15.7 Å². The lowest BCUT2D eigenvalue weighted by Crippen LogP contribution is -2.69. The molecule has 3 saturated heterocycles. The van der Waals surface area contributed by atoms with E-state index in [0.717, 1.165) is 36.0 Å². The molecule has 0 radical (unpaired) electrons. The Morgan fingerprint density at radius 1 is 1.26 bits per heavy atom. The van der Waals surface area contributed by atoms with Gasteiger partial charge in [-0.3, -0.25) is 4.79 Å². The average Bonchev–Trinajstić information content (AvgIpc) is 3.42. The molecule has 2 aromatic rings. The number of methoxy groups -OCH3 is 1. The fourth-order valence-electron chi connectivity index (χ4n) is 6.41. The molecule has 0 saturated carbocycles. The van der Waals surface area contributed by atoms with Gasteiger partial charge in [0.05, 0.1) is 35.0 Å². The van der Waals surface area contributed by atoms with Crippen molar-refractivity contribution in [2.24, 2.45) is 4.99 Å². The number of aliphatic imine (C=N–C) groups is 1. The second kappa shape index (κ2) is 12.5. The number of allylic oxidation sites excluding steroid dienone is 7. The average molecular weight is 657 g/mol. The van der Waals surface area contributed by atoms with Crippen molar-refractivity contribution in [1.29, 1.82) is 5.26 Å². The molecule has 12 heteroatoms. The van der Waals surface area contributed by atoms with Crippen LogP contribution in [0.2, 0.25) is 0 Å². The SMILES string of the molecule is C=CC(=O)N1C2CC1CN(\C(C)=C1/C=C(C(F)(F)F)C(c3ccc(F)c4sc(C(C)C)c(C#N)c34)=C(F)/C1=N/C(=C/CC)OC)C2. The number of halogens is 5. The Bertz CT molecular complexity index is 1810. The van der Waals surface area contributed by atoms with Gasteiger partial charge < -0.3 is 14.5 Å². The van der Waals surface area contributed by atoms with Crippen molar-refractivity contribution < 1.29 is 31.5 Å². The van der Waals surface area contributed by atoms with E-state index in [0.29, 0.717) is 30.1 Å². The quantitative estimate of drug-likeness (QED) is 0.171. The standard InChI is InChI=1S/C34H33F5N4O2S/c1-7-9-26(45-6)41-31-22(18(5)42-15-19-12-20(16-42)43(19)27(44)8-2)13-24(34(37,38)39)29(30(31)36)21-10-11-25(35)33-28(21)23(14-40)32(46-33)17(3)4/h8-11,13,17,19-20H,2,7,12,15-16H2,1,3-6H3/b22-18+,26-9-,41-31+. The summed E-state index contributed by atoms with van der Waals surface area (Å²) in [5, 5.41) is 10.0. The number of ether oxygens (including phenoxy) is 1. The van der Waals surface area contributed by atoms with Crippen LogP contribution in [0.5, 0.6) is 0 Å². The smallest absolute Gasteiger partial charge is 0.417 e. The van der Waals surface area contributed by atoms with Gasteiger partial charge >= 0.3 is 6.18 Å². The van der Waals surface area contributed by atoms with E-state index in [1.54, 1.807) is 38.7 Å². The molecule has 242 valence electrons. The van der Waals surface area contributed by atoms with Gasteiger partial charge in [0.1, 0.15) is 17.6 Å². The summed E-state index contributed by atoms with van der Waals surface area (Å²) < 4.78 is 82.4. The van der Waals surface area contributed by atoms with E-state index in [1.807, 2.05) is 11.0 Å². The normalized spacial score (nSPS) is 22.3. The Morgan fingerprint density at radius 3 is 2.48 bits per heavy atom. The molecule has 1 aromatic heterocycles. The fraction of sp³-hybridized carbons (Fsp3) is 0.382. The number of carbonyl (C=O) groups is 1. The molecule has 1 aliphatic carbocycles. The Balaban J connectivity index is 1.78. The van der Waals surface area contributed by atoms with Crippen molar-refractivity contribution >= 4 is 38.6 Å². The number of benzene rings is 1. The number of piperazine rings is 1. The van der Waals surface area contributed by atoms with Crippen molar-refractivity contribution in [2.45, 2.75) is 64.7 Å². The van der Waals surface area contributed by atoms with Crippen LogP contribution in [0.15, 0.2) is 70.5 Å². The van der Waals surface area contributed by atoms with Gasteiger partial charge in [0.2, 0.25) is 11.8 Å². The first-order valence-corrected chi connectivity index (χ1v) is 15.7. The van der Waals surface area contributed by atoms with Crippen molar-refractivity contribution in [3.63, 3.8) is 0 Å². The molecule has 46 heavy (non-hydrogen) atoms.